The number of carboxylic acid groups (broad SMARTS) is 1. The molecule has 1 aliphatic rings. The van der Waals surface area contributed by atoms with Crippen molar-refractivity contribution in [2.24, 2.45) is 17.6 Å². The number of para-hydroxylation sites is 1. The number of aryl methyl sites for hydroxylation is 1. The van der Waals surface area contributed by atoms with Gasteiger partial charge in [-0.3, -0.25) is 14.6 Å². The number of likely N-dealkylation sites (tertiary alicyclic amines) is 1. The average Bonchev–Trinajstić information content (AvgIpc) is 3.06. The lowest BCUT2D eigenvalue weighted by molar-refractivity contribution is -0.138. The fourth-order valence-electron chi connectivity index (χ4n) is 5.04. The number of carbonyl (C=O) groups is 2. The Morgan fingerprint density at radius 3 is 2.63 bits per heavy atom. The Morgan fingerprint density at radius 2 is 1.94 bits per heavy atom. The maximum atomic E-state index is 13.4. The van der Waals surface area contributed by atoms with E-state index in [1.807, 2.05) is 61.5 Å². The second-order valence-electron chi connectivity index (χ2n) is 9.84. The molecule has 35 heavy (non-hydrogen) atoms. The maximum absolute atomic E-state index is 13.4. The molecule has 1 amide bonds. The number of aliphatic carboxylic acids is 1. The zero-order valence-electron chi connectivity index (χ0n) is 20.5. The van der Waals surface area contributed by atoms with Crippen molar-refractivity contribution in [3.8, 4) is 5.75 Å². The standard InChI is InChI=1S/C28H33N3O4/c1-18(2)14-22-16-31(13-12-26(32)33)27(34)28(22,29)21-8-10-23(11-9-21)35-17-20-15-19(3)30-25-7-5-4-6-24(20)25/h4-11,15,18,22H,12-14,16-17,29H2,1-3H3,(H,32,33)/t22?,28-/m0/s1. The Labute approximate surface area is 205 Å². The van der Waals surface area contributed by atoms with E-state index in [1.165, 1.54) is 0 Å². The second kappa shape index (κ2) is 10.0. The van der Waals surface area contributed by atoms with Crippen LogP contribution < -0.4 is 10.5 Å². The number of hydrogen-bond donors (Lipinski definition) is 2. The molecule has 7 heteroatoms. The van der Waals surface area contributed by atoms with Crippen molar-refractivity contribution in [3.63, 3.8) is 0 Å². The maximum Gasteiger partial charge on any atom is 0.305 e. The van der Waals surface area contributed by atoms with E-state index >= 15 is 0 Å². The molecule has 1 unspecified atom stereocenters. The number of aromatic nitrogens is 1. The minimum absolute atomic E-state index is 0.0911. The first kappa shape index (κ1) is 24.7. The van der Waals surface area contributed by atoms with Crippen molar-refractivity contribution >= 4 is 22.8 Å². The van der Waals surface area contributed by atoms with Crippen LogP contribution in [-0.2, 0) is 21.7 Å². The summed E-state index contributed by atoms with van der Waals surface area (Å²) in [4.78, 5) is 30.6. The molecule has 3 aromatic rings. The molecule has 2 heterocycles. The summed E-state index contributed by atoms with van der Waals surface area (Å²) in [6.07, 6.45) is 0.685. The second-order valence-corrected chi connectivity index (χ2v) is 9.84. The Morgan fingerprint density at radius 1 is 1.23 bits per heavy atom. The molecule has 1 saturated heterocycles. The summed E-state index contributed by atoms with van der Waals surface area (Å²) in [5, 5.41) is 10.1. The van der Waals surface area contributed by atoms with Crippen molar-refractivity contribution in [2.45, 2.75) is 45.8 Å². The Balaban J connectivity index is 1.53. The van der Waals surface area contributed by atoms with Crippen molar-refractivity contribution in [1.29, 1.82) is 0 Å². The van der Waals surface area contributed by atoms with Crippen LogP contribution in [0, 0.1) is 18.8 Å². The van der Waals surface area contributed by atoms with E-state index in [0.717, 1.165) is 34.1 Å². The predicted molar refractivity (Wildman–Crippen MR) is 135 cm³/mol. The minimum Gasteiger partial charge on any atom is -0.489 e. The molecule has 1 aliphatic heterocycles. The molecule has 0 saturated carbocycles. The van der Waals surface area contributed by atoms with Gasteiger partial charge in [0.25, 0.3) is 0 Å². The molecule has 1 fully saturated rings. The minimum atomic E-state index is -1.18. The Hall–Kier alpha value is -3.45. The van der Waals surface area contributed by atoms with Gasteiger partial charge < -0.3 is 20.5 Å². The van der Waals surface area contributed by atoms with E-state index in [-0.39, 0.29) is 24.8 Å². The Kier molecular flexibility index (Phi) is 7.08. The van der Waals surface area contributed by atoms with E-state index in [0.29, 0.717) is 24.8 Å². The topological polar surface area (TPSA) is 106 Å². The highest BCUT2D eigenvalue weighted by Crippen LogP contribution is 2.40. The highest BCUT2D eigenvalue weighted by atomic mass is 16.5. The number of nitrogens with zero attached hydrogens (tertiary/aromatic N) is 2. The first-order valence-corrected chi connectivity index (χ1v) is 12.1. The number of pyridine rings is 1. The van der Waals surface area contributed by atoms with Gasteiger partial charge in [0.2, 0.25) is 5.91 Å². The molecule has 0 spiro atoms. The van der Waals surface area contributed by atoms with Gasteiger partial charge in [0.05, 0.1) is 11.9 Å². The quantitative estimate of drug-likeness (QED) is 0.479. The van der Waals surface area contributed by atoms with Crippen LogP contribution in [0.3, 0.4) is 0 Å². The monoisotopic (exact) mass is 475 g/mol. The number of amides is 1. The number of rotatable bonds is 9. The van der Waals surface area contributed by atoms with Gasteiger partial charge in [0.1, 0.15) is 17.9 Å². The largest absolute Gasteiger partial charge is 0.489 e. The first-order valence-electron chi connectivity index (χ1n) is 12.1. The van der Waals surface area contributed by atoms with Crippen molar-refractivity contribution in [2.75, 3.05) is 13.1 Å². The molecule has 1 aromatic heterocycles. The highest BCUT2D eigenvalue weighted by molar-refractivity contribution is 5.90. The lowest BCUT2D eigenvalue weighted by Gasteiger charge is -2.30. The van der Waals surface area contributed by atoms with Crippen LogP contribution >= 0.6 is 0 Å². The lowest BCUT2D eigenvalue weighted by Crippen LogP contribution is -2.49. The van der Waals surface area contributed by atoms with Crippen LogP contribution in [0.5, 0.6) is 5.75 Å². The van der Waals surface area contributed by atoms with Gasteiger partial charge in [-0.1, -0.05) is 44.2 Å². The fourth-order valence-corrected chi connectivity index (χ4v) is 5.04. The van der Waals surface area contributed by atoms with Gasteiger partial charge in [0, 0.05) is 35.7 Å². The Bertz CT molecular complexity index is 1220. The number of nitrogens with two attached hydrogens (primary N) is 1. The summed E-state index contributed by atoms with van der Waals surface area (Å²) in [5.41, 5.74) is 9.30. The number of ether oxygens (including phenoxy) is 1. The van der Waals surface area contributed by atoms with Gasteiger partial charge in [-0.2, -0.15) is 0 Å². The molecule has 0 bridgehead atoms. The molecular formula is C28H33N3O4. The van der Waals surface area contributed by atoms with E-state index < -0.39 is 11.5 Å². The van der Waals surface area contributed by atoms with Crippen molar-refractivity contribution in [1.82, 2.24) is 9.88 Å². The number of carbonyl (C=O) groups excluding carboxylic acids is 1. The summed E-state index contributed by atoms with van der Waals surface area (Å²) in [6, 6.07) is 17.4. The molecule has 2 atom stereocenters. The van der Waals surface area contributed by atoms with Gasteiger partial charge >= 0.3 is 5.97 Å². The fraction of sp³-hybridized carbons (Fsp3) is 0.393. The van der Waals surface area contributed by atoms with Crippen LogP contribution in [0.2, 0.25) is 0 Å². The third-order valence-corrected chi connectivity index (χ3v) is 6.73. The summed E-state index contributed by atoms with van der Waals surface area (Å²) in [6.45, 7) is 7.21. The molecule has 4 rings (SSSR count). The number of fused-ring (bicyclic) bond motifs is 1. The molecule has 7 nitrogen and oxygen atoms in total. The summed E-state index contributed by atoms with van der Waals surface area (Å²) in [5.74, 6) is -0.189. The van der Waals surface area contributed by atoms with Crippen molar-refractivity contribution < 1.29 is 19.4 Å². The molecule has 3 N–H and O–H groups in total. The van der Waals surface area contributed by atoms with E-state index in [1.54, 1.807) is 4.90 Å². The third-order valence-electron chi connectivity index (χ3n) is 6.73. The number of hydrogen-bond acceptors (Lipinski definition) is 5. The van der Waals surface area contributed by atoms with Crippen LogP contribution in [0.1, 0.15) is 43.5 Å². The normalized spacial score (nSPS) is 20.1. The molecular weight excluding hydrogens is 442 g/mol. The number of carboxylic acids is 1. The van der Waals surface area contributed by atoms with Crippen LogP contribution in [0.25, 0.3) is 10.9 Å². The van der Waals surface area contributed by atoms with Gasteiger partial charge in [0.15, 0.2) is 0 Å². The summed E-state index contributed by atoms with van der Waals surface area (Å²) in [7, 11) is 0. The van der Waals surface area contributed by atoms with Crippen LogP contribution in [0.4, 0.5) is 0 Å². The van der Waals surface area contributed by atoms with Gasteiger partial charge in [-0.25, -0.2) is 0 Å². The van der Waals surface area contributed by atoms with Gasteiger partial charge in [-0.15, -0.1) is 0 Å². The van der Waals surface area contributed by atoms with Crippen LogP contribution in [0.15, 0.2) is 54.6 Å². The van der Waals surface area contributed by atoms with E-state index in [4.69, 9.17) is 15.6 Å². The highest BCUT2D eigenvalue weighted by Gasteiger charge is 2.52. The van der Waals surface area contributed by atoms with Crippen LogP contribution in [-0.4, -0.2) is 40.0 Å². The van der Waals surface area contributed by atoms with E-state index in [2.05, 4.69) is 18.8 Å². The smallest absolute Gasteiger partial charge is 0.305 e. The van der Waals surface area contributed by atoms with E-state index in [9.17, 15) is 9.59 Å². The molecule has 0 aliphatic carbocycles. The predicted octanol–water partition coefficient (Wildman–Crippen LogP) is 4.26. The van der Waals surface area contributed by atoms with Crippen molar-refractivity contribution in [3.05, 3.63) is 71.4 Å². The zero-order valence-corrected chi connectivity index (χ0v) is 20.5. The molecule has 2 aromatic carbocycles. The lowest BCUT2D eigenvalue weighted by atomic mass is 9.77. The molecule has 0 radical (unpaired) electrons. The number of benzene rings is 2. The summed E-state index contributed by atoms with van der Waals surface area (Å²) < 4.78 is 6.08. The third kappa shape index (κ3) is 5.15. The zero-order chi connectivity index (χ0) is 25.2. The first-order chi connectivity index (χ1) is 16.7. The van der Waals surface area contributed by atoms with Gasteiger partial charge in [-0.05, 0) is 49.1 Å². The summed E-state index contributed by atoms with van der Waals surface area (Å²) >= 11 is 0. The molecule has 184 valence electrons. The average molecular weight is 476 g/mol. The SMILES string of the molecule is Cc1cc(COc2ccc([C@@]3(N)C(=O)N(CCC(=O)O)CC3CC(C)C)cc2)c2ccccc2n1.